The largest absolute Gasteiger partial charge is 0.368 e. The zero-order chi connectivity index (χ0) is 15.1. The molecule has 1 rings (SSSR count). The third-order valence-electron chi connectivity index (χ3n) is 2.64. The number of anilines is 1. The summed E-state index contributed by atoms with van der Waals surface area (Å²) in [6.07, 6.45) is 0. The maximum absolute atomic E-state index is 11.2. The van der Waals surface area contributed by atoms with Gasteiger partial charge in [0.2, 0.25) is 11.8 Å². The Balaban J connectivity index is 3.09. The highest BCUT2D eigenvalue weighted by Gasteiger charge is 2.15. The van der Waals surface area contributed by atoms with Crippen LogP contribution in [0.5, 0.6) is 0 Å². The van der Waals surface area contributed by atoms with Gasteiger partial charge < -0.3 is 21.7 Å². The SMILES string of the molecule is CCNCc1cc(Br)ccc1N(CC(N)=O)CC(N)=O. The molecule has 1 aromatic carbocycles. The first kappa shape index (κ1) is 16.5. The van der Waals surface area contributed by atoms with Gasteiger partial charge in [-0.1, -0.05) is 22.9 Å². The minimum absolute atomic E-state index is 0.0519. The van der Waals surface area contributed by atoms with Gasteiger partial charge in [0.1, 0.15) is 0 Å². The number of hydrogen-bond donors (Lipinski definition) is 3. The minimum Gasteiger partial charge on any atom is -0.368 e. The van der Waals surface area contributed by atoms with Gasteiger partial charge in [-0.25, -0.2) is 0 Å². The van der Waals surface area contributed by atoms with Crippen molar-refractivity contribution in [3.63, 3.8) is 0 Å². The van der Waals surface area contributed by atoms with Crippen molar-refractivity contribution in [2.45, 2.75) is 13.5 Å². The molecule has 0 aliphatic heterocycles. The number of nitrogens with two attached hydrogens (primary N) is 2. The predicted octanol–water partition coefficient (Wildman–Crippen LogP) is 0.336. The Bertz CT molecular complexity index is 477. The number of benzene rings is 1. The van der Waals surface area contributed by atoms with Gasteiger partial charge in [-0.15, -0.1) is 0 Å². The van der Waals surface area contributed by atoms with Crippen LogP contribution in [-0.4, -0.2) is 31.4 Å². The first-order chi connectivity index (χ1) is 9.43. The fourth-order valence-electron chi connectivity index (χ4n) is 1.87. The molecule has 0 saturated carbocycles. The Morgan fingerprint density at radius 2 is 1.85 bits per heavy atom. The van der Waals surface area contributed by atoms with E-state index in [1.165, 1.54) is 0 Å². The summed E-state index contributed by atoms with van der Waals surface area (Å²) in [5.74, 6) is -1.02. The number of nitrogens with one attached hydrogen (secondary N) is 1. The number of amides is 2. The van der Waals surface area contributed by atoms with Crippen molar-refractivity contribution >= 4 is 33.4 Å². The highest BCUT2D eigenvalue weighted by atomic mass is 79.9. The molecule has 0 bridgehead atoms. The third-order valence-corrected chi connectivity index (χ3v) is 3.13. The summed E-state index contributed by atoms with van der Waals surface area (Å²) in [4.78, 5) is 23.9. The van der Waals surface area contributed by atoms with E-state index < -0.39 is 11.8 Å². The molecule has 1 aromatic rings. The van der Waals surface area contributed by atoms with Crippen LogP contribution in [0.3, 0.4) is 0 Å². The van der Waals surface area contributed by atoms with Crippen molar-refractivity contribution in [1.82, 2.24) is 5.32 Å². The van der Waals surface area contributed by atoms with Gasteiger partial charge in [0.15, 0.2) is 0 Å². The summed E-state index contributed by atoms with van der Waals surface area (Å²) in [7, 11) is 0. The molecule has 0 spiro atoms. The maximum Gasteiger partial charge on any atom is 0.236 e. The van der Waals surface area contributed by atoms with E-state index in [0.717, 1.165) is 22.3 Å². The molecule has 0 atom stereocenters. The summed E-state index contributed by atoms with van der Waals surface area (Å²) < 4.78 is 0.923. The summed E-state index contributed by atoms with van der Waals surface area (Å²) in [6.45, 7) is 3.34. The van der Waals surface area contributed by atoms with Gasteiger partial charge in [0.05, 0.1) is 13.1 Å². The maximum atomic E-state index is 11.2. The molecule has 20 heavy (non-hydrogen) atoms. The van der Waals surface area contributed by atoms with Crippen LogP contribution < -0.4 is 21.7 Å². The zero-order valence-electron chi connectivity index (χ0n) is 11.4. The first-order valence-corrected chi connectivity index (χ1v) is 7.04. The molecule has 0 aliphatic carbocycles. The number of rotatable bonds is 8. The lowest BCUT2D eigenvalue weighted by Crippen LogP contribution is -2.40. The van der Waals surface area contributed by atoms with Crippen molar-refractivity contribution in [2.75, 3.05) is 24.5 Å². The predicted molar refractivity (Wildman–Crippen MR) is 82.1 cm³/mol. The molecule has 6 nitrogen and oxygen atoms in total. The molecule has 110 valence electrons. The second-order valence-corrected chi connectivity index (χ2v) is 5.26. The van der Waals surface area contributed by atoms with Crippen molar-refractivity contribution in [2.24, 2.45) is 11.5 Å². The van der Waals surface area contributed by atoms with Gasteiger partial charge in [-0.3, -0.25) is 9.59 Å². The van der Waals surface area contributed by atoms with Crippen LogP contribution in [0.15, 0.2) is 22.7 Å². The standard InChI is InChI=1S/C13H19BrN4O2/c1-2-17-6-9-5-10(14)3-4-11(9)18(7-12(15)19)8-13(16)20/h3-5,17H,2,6-8H2,1H3,(H2,15,19)(H2,16,20). The van der Waals surface area contributed by atoms with Crippen LogP contribution in [0.1, 0.15) is 12.5 Å². The monoisotopic (exact) mass is 342 g/mol. The Kier molecular flexibility index (Phi) is 6.47. The number of primary amides is 2. The normalized spacial score (nSPS) is 10.3. The number of halogens is 1. The van der Waals surface area contributed by atoms with E-state index in [2.05, 4.69) is 21.2 Å². The van der Waals surface area contributed by atoms with Gasteiger partial charge in [-0.2, -0.15) is 0 Å². The minimum atomic E-state index is -0.511. The van der Waals surface area contributed by atoms with Crippen molar-refractivity contribution in [3.8, 4) is 0 Å². The first-order valence-electron chi connectivity index (χ1n) is 6.24. The van der Waals surface area contributed by atoms with E-state index in [4.69, 9.17) is 11.5 Å². The number of carbonyl (C=O) groups is 2. The Hall–Kier alpha value is -1.60. The summed E-state index contributed by atoms with van der Waals surface area (Å²) in [5.41, 5.74) is 12.2. The second-order valence-electron chi connectivity index (χ2n) is 4.34. The molecule has 0 fully saturated rings. The van der Waals surface area contributed by atoms with Gasteiger partial charge in [0.25, 0.3) is 0 Å². The number of nitrogens with zero attached hydrogens (tertiary/aromatic N) is 1. The fraction of sp³-hybridized carbons (Fsp3) is 0.385. The summed E-state index contributed by atoms with van der Waals surface area (Å²) >= 11 is 3.41. The van der Waals surface area contributed by atoms with Crippen molar-refractivity contribution in [1.29, 1.82) is 0 Å². The van der Waals surface area contributed by atoms with Gasteiger partial charge in [0, 0.05) is 16.7 Å². The van der Waals surface area contributed by atoms with Crippen molar-refractivity contribution in [3.05, 3.63) is 28.2 Å². The van der Waals surface area contributed by atoms with E-state index in [1.807, 2.05) is 25.1 Å². The molecular weight excluding hydrogens is 324 g/mol. The highest BCUT2D eigenvalue weighted by molar-refractivity contribution is 9.10. The lowest BCUT2D eigenvalue weighted by molar-refractivity contribution is -0.117. The Morgan fingerprint density at radius 3 is 2.35 bits per heavy atom. The number of carbonyl (C=O) groups excluding carboxylic acids is 2. The number of hydrogen-bond acceptors (Lipinski definition) is 4. The average Bonchev–Trinajstić information content (AvgIpc) is 2.34. The van der Waals surface area contributed by atoms with E-state index >= 15 is 0 Å². The molecule has 0 aliphatic rings. The molecule has 0 unspecified atom stereocenters. The van der Waals surface area contributed by atoms with Gasteiger partial charge in [-0.05, 0) is 30.3 Å². The molecule has 5 N–H and O–H groups in total. The van der Waals surface area contributed by atoms with Crippen LogP contribution in [-0.2, 0) is 16.1 Å². The zero-order valence-corrected chi connectivity index (χ0v) is 12.9. The quantitative estimate of drug-likeness (QED) is 0.633. The fourth-order valence-corrected chi connectivity index (χ4v) is 2.27. The summed E-state index contributed by atoms with van der Waals surface area (Å²) in [5, 5.41) is 3.21. The summed E-state index contributed by atoms with van der Waals surface area (Å²) in [6, 6.07) is 5.62. The molecule has 2 amide bonds. The Labute approximate surface area is 126 Å². The molecule has 0 heterocycles. The topological polar surface area (TPSA) is 101 Å². The van der Waals surface area contributed by atoms with Crippen LogP contribution in [0.2, 0.25) is 0 Å². The smallest absolute Gasteiger partial charge is 0.236 e. The van der Waals surface area contributed by atoms with Crippen LogP contribution >= 0.6 is 15.9 Å². The lowest BCUT2D eigenvalue weighted by atomic mass is 10.1. The highest BCUT2D eigenvalue weighted by Crippen LogP contribution is 2.24. The van der Waals surface area contributed by atoms with Crippen LogP contribution in [0.25, 0.3) is 0 Å². The molecule has 0 saturated heterocycles. The van der Waals surface area contributed by atoms with E-state index in [0.29, 0.717) is 6.54 Å². The Morgan fingerprint density at radius 1 is 1.25 bits per heavy atom. The van der Waals surface area contributed by atoms with Gasteiger partial charge >= 0.3 is 0 Å². The molecule has 0 aromatic heterocycles. The molecule has 0 radical (unpaired) electrons. The van der Waals surface area contributed by atoms with E-state index in [-0.39, 0.29) is 13.1 Å². The molecule has 7 heteroatoms. The molecular formula is C13H19BrN4O2. The average molecular weight is 343 g/mol. The third kappa shape index (κ3) is 5.18. The van der Waals surface area contributed by atoms with E-state index in [9.17, 15) is 9.59 Å². The van der Waals surface area contributed by atoms with Crippen LogP contribution in [0.4, 0.5) is 5.69 Å². The van der Waals surface area contributed by atoms with Crippen LogP contribution in [0, 0.1) is 0 Å². The lowest BCUT2D eigenvalue weighted by Gasteiger charge is -2.25. The van der Waals surface area contributed by atoms with Crippen molar-refractivity contribution < 1.29 is 9.59 Å². The second kappa shape index (κ2) is 7.86. The van der Waals surface area contributed by atoms with E-state index in [1.54, 1.807) is 4.90 Å².